The van der Waals surface area contributed by atoms with Crippen LogP contribution in [0.4, 0.5) is 5.82 Å². The molecule has 0 saturated carbocycles. The monoisotopic (exact) mass is 397 g/mol. The van der Waals surface area contributed by atoms with Crippen molar-refractivity contribution in [3.63, 3.8) is 0 Å². The first-order valence-corrected chi connectivity index (χ1v) is 10.6. The highest BCUT2D eigenvalue weighted by atomic mass is 16.5. The number of benzene rings is 3. The molecule has 4 nitrogen and oxygen atoms in total. The molecule has 0 radical (unpaired) electrons. The Kier molecular flexibility index (Phi) is 6.23. The minimum absolute atomic E-state index is 0.741. The second-order valence-electron chi connectivity index (χ2n) is 7.26. The van der Waals surface area contributed by atoms with Crippen LogP contribution in [0.1, 0.15) is 26.7 Å². The number of rotatable bonds is 8. The molecule has 0 bridgehead atoms. The Morgan fingerprint density at radius 3 is 2.20 bits per heavy atom. The van der Waals surface area contributed by atoms with Gasteiger partial charge in [-0.2, -0.15) is 0 Å². The van der Waals surface area contributed by atoms with Crippen LogP contribution in [0.3, 0.4) is 0 Å². The first-order chi connectivity index (χ1) is 14.8. The fourth-order valence-corrected chi connectivity index (χ4v) is 3.49. The minimum Gasteiger partial charge on any atom is -0.457 e. The van der Waals surface area contributed by atoms with Crippen molar-refractivity contribution in [3.05, 3.63) is 78.9 Å². The van der Waals surface area contributed by atoms with Crippen molar-refractivity contribution >= 4 is 16.7 Å². The molecule has 0 amide bonds. The first-order valence-electron chi connectivity index (χ1n) is 10.6. The summed E-state index contributed by atoms with van der Waals surface area (Å²) < 4.78 is 5.91. The molecule has 0 aliphatic rings. The number of anilines is 1. The van der Waals surface area contributed by atoms with Gasteiger partial charge in [-0.3, -0.25) is 0 Å². The zero-order valence-corrected chi connectivity index (χ0v) is 17.6. The lowest BCUT2D eigenvalue weighted by atomic mass is 10.1. The molecule has 0 saturated heterocycles. The predicted octanol–water partition coefficient (Wildman–Crippen LogP) is 6.72. The van der Waals surface area contributed by atoms with Crippen LogP contribution in [-0.2, 0) is 0 Å². The molecule has 152 valence electrons. The van der Waals surface area contributed by atoms with Crippen molar-refractivity contribution < 1.29 is 4.74 Å². The van der Waals surface area contributed by atoms with E-state index in [-0.39, 0.29) is 0 Å². The molecule has 4 rings (SSSR count). The third-order valence-corrected chi connectivity index (χ3v) is 5.14. The van der Waals surface area contributed by atoms with Crippen molar-refractivity contribution in [1.82, 2.24) is 9.97 Å². The average Bonchev–Trinajstić information content (AvgIpc) is 2.80. The third kappa shape index (κ3) is 4.43. The number of ether oxygens (including phenoxy) is 1. The van der Waals surface area contributed by atoms with Gasteiger partial charge in [0.15, 0.2) is 5.82 Å². The van der Waals surface area contributed by atoms with E-state index >= 15 is 0 Å². The van der Waals surface area contributed by atoms with Gasteiger partial charge in [0.2, 0.25) is 0 Å². The lowest BCUT2D eigenvalue weighted by molar-refractivity contribution is 0.483. The third-order valence-electron chi connectivity index (χ3n) is 5.14. The van der Waals surface area contributed by atoms with Crippen molar-refractivity contribution in [2.45, 2.75) is 26.7 Å². The Balaban J connectivity index is 1.68. The molecule has 0 unspecified atom stereocenters. The summed E-state index contributed by atoms with van der Waals surface area (Å²) in [6.45, 7) is 6.32. The summed E-state index contributed by atoms with van der Waals surface area (Å²) in [6, 6.07) is 26.0. The Morgan fingerprint density at radius 1 is 0.767 bits per heavy atom. The van der Waals surface area contributed by atoms with Crippen molar-refractivity contribution in [3.8, 4) is 22.9 Å². The minimum atomic E-state index is 0.741. The van der Waals surface area contributed by atoms with Gasteiger partial charge in [-0.15, -0.1) is 0 Å². The topological polar surface area (TPSA) is 38.2 Å². The van der Waals surface area contributed by atoms with Gasteiger partial charge in [0.25, 0.3) is 0 Å². The predicted molar refractivity (Wildman–Crippen MR) is 124 cm³/mol. The summed E-state index contributed by atoms with van der Waals surface area (Å²) in [5.74, 6) is 3.37. The summed E-state index contributed by atoms with van der Waals surface area (Å²) in [5, 5.41) is 1.10. The molecule has 4 aromatic rings. The largest absolute Gasteiger partial charge is 0.457 e. The van der Waals surface area contributed by atoms with E-state index in [1.807, 2.05) is 60.7 Å². The molecule has 1 aromatic heterocycles. The number of hydrogen-bond acceptors (Lipinski definition) is 4. The van der Waals surface area contributed by atoms with Gasteiger partial charge >= 0.3 is 0 Å². The molecule has 0 aliphatic carbocycles. The van der Waals surface area contributed by atoms with E-state index in [0.29, 0.717) is 0 Å². The van der Waals surface area contributed by atoms with Crippen LogP contribution in [-0.4, -0.2) is 23.1 Å². The lowest BCUT2D eigenvalue weighted by Gasteiger charge is -2.23. The molecule has 30 heavy (non-hydrogen) atoms. The quantitative estimate of drug-likeness (QED) is 0.331. The number of hydrogen-bond donors (Lipinski definition) is 0. The van der Waals surface area contributed by atoms with E-state index in [1.54, 1.807) is 0 Å². The maximum atomic E-state index is 5.91. The lowest BCUT2D eigenvalue weighted by Crippen LogP contribution is -2.25. The van der Waals surface area contributed by atoms with Gasteiger partial charge in [-0.1, -0.05) is 43.7 Å². The van der Waals surface area contributed by atoms with E-state index in [1.165, 1.54) is 0 Å². The molecule has 3 aromatic carbocycles. The van der Waals surface area contributed by atoms with Crippen LogP contribution in [0.15, 0.2) is 78.9 Å². The molecule has 0 N–H and O–H groups in total. The van der Waals surface area contributed by atoms with Crippen LogP contribution in [0.5, 0.6) is 11.5 Å². The normalized spacial score (nSPS) is 10.9. The van der Waals surface area contributed by atoms with Crippen LogP contribution in [0, 0.1) is 0 Å². The van der Waals surface area contributed by atoms with Crippen LogP contribution in [0.25, 0.3) is 22.3 Å². The van der Waals surface area contributed by atoms with Gasteiger partial charge in [-0.05, 0) is 61.9 Å². The molecule has 1 heterocycles. The second kappa shape index (κ2) is 9.40. The molecular weight excluding hydrogens is 370 g/mol. The Labute approximate surface area is 178 Å². The van der Waals surface area contributed by atoms with E-state index in [4.69, 9.17) is 14.7 Å². The molecule has 0 aliphatic heterocycles. The van der Waals surface area contributed by atoms with Gasteiger partial charge in [0.1, 0.15) is 17.3 Å². The summed E-state index contributed by atoms with van der Waals surface area (Å²) in [4.78, 5) is 12.2. The van der Waals surface area contributed by atoms with E-state index in [2.05, 4.69) is 36.9 Å². The van der Waals surface area contributed by atoms with Gasteiger partial charge in [0, 0.05) is 24.0 Å². The number of unbranched alkanes of at least 4 members (excludes halogenated alkanes) is 1. The van der Waals surface area contributed by atoms with Crippen molar-refractivity contribution in [2.24, 2.45) is 0 Å². The zero-order valence-electron chi connectivity index (χ0n) is 17.6. The fourth-order valence-electron chi connectivity index (χ4n) is 3.49. The zero-order chi connectivity index (χ0) is 20.8. The van der Waals surface area contributed by atoms with Crippen LogP contribution < -0.4 is 9.64 Å². The van der Waals surface area contributed by atoms with Gasteiger partial charge in [0.05, 0.1) is 5.52 Å². The van der Waals surface area contributed by atoms with E-state index in [9.17, 15) is 0 Å². The van der Waals surface area contributed by atoms with Crippen molar-refractivity contribution in [1.29, 1.82) is 0 Å². The van der Waals surface area contributed by atoms with E-state index in [0.717, 1.165) is 65.5 Å². The first kappa shape index (κ1) is 19.9. The number of para-hydroxylation sites is 2. The SMILES string of the molecule is CCCCN(CC)c1nc(-c2ccc(Oc3ccccc3)cc2)nc2ccccc12. The van der Waals surface area contributed by atoms with E-state index < -0.39 is 0 Å². The highest BCUT2D eigenvalue weighted by molar-refractivity contribution is 5.91. The highest BCUT2D eigenvalue weighted by Crippen LogP contribution is 2.29. The smallest absolute Gasteiger partial charge is 0.162 e. The summed E-state index contributed by atoms with van der Waals surface area (Å²) >= 11 is 0. The maximum Gasteiger partial charge on any atom is 0.162 e. The van der Waals surface area contributed by atoms with Crippen molar-refractivity contribution in [2.75, 3.05) is 18.0 Å². The molecule has 0 fully saturated rings. The Hall–Kier alpha value is -3.40. The fraction of sp³-hybridized carbons (Fsp3) is 0.231. The Bertz CT molecular complexity index is 1090. The average molecular weight is 398 g/mol. The Morgan fingerprint density at radius 2 is 1.47 bits per heavy atom. The number of fused-ring (bicyclic) bond motifs is 1. The van der Waals surface area contributed by atoms with Gasteiger partial charge < -0.3 is 9.64 Å². The summed E-state index contributed by atoms with van der Waals surface area (Å²) in [6.07, 6.45) is 2.31. The standard InChI is InChI=1S/C26H27N3O/c1-3-5-19-29(4-2)26-23-13-9-10-14-24(23)27-25(28-26)20-15-17-22(18-16-20)30-21-11-7-6-8-12-21/h6-18H,3-5,19H2,1-2H3. The second-order valence-corrected chi connectivity index (χ2v) is 7.26. The molecular formula is C26H27N3O. The number of nitrogens with zero attached hydrogens (tertiary/aromatic N) is 3. The highest BCUT2D eigenvalue weighted by Gasteiger charge is 2.14. The van der Waals surface area contributed by atoms with Crippen LogP contribution in [0.2, 0.25) is 0 Å². The molecule has 0 spiro atoms. The maximum absolute atomic E-state index is 5.91. The van der Waals surface area contributed by atoms with Crippen LogP contribution >= 0.6 is 0 Å². The molecule has 4 heteroatoms. The number of aromatic nitrogens is 2. The summed E-state index contributed by atoms with van der Waals surface area (Å²) in [7, 11) is 0. The summed E-state index contributed by atoms with van der Waals surface area (Å²) in [5.41, 5.74) is 1.95. The van der Waals surface area contributed by atoms with Gasteiger partial charge in [-0.25, -0.2) is 9.97 Å². The molecule has 0 atom stereocenters.